The molecule has 2 aromatic carbocycles. The molecule has 0 radical (unpaired) electrons. The molecule has 0 saturated heterocycles. The molecule has 0 bridgehead atoms. The maximum atomic E-state index is 13.7. The summed E-state index contributed by atoms with van der Waals surface area (Å²) in [7, 11) is 0. The van der Waals surface area contributed by atoms with Crippen LogP contribution in [0.3, 0.4) is 0 Å². The monoisotopic (exact) mass is 271 g/mol. The zero-order valence-corrected chi connectivity index (χ0v) is 10.4. The maximum Gasteiger partial charge on any atom is 0.146 e. The minimum atomic E-state index is -0.547. The van der Waals surface area contributed by atoms with E-state index in [0.717, 1.165) is 29.0 Å². The van der Waals surface area contributed by atoms with Gasteiger partial charge >= 0.3 is 0 Å². The molecule has 5 heteroatoms. The number of nitrogen functional groups attached to an aromatic ring is 1. The Morgan fingerprint density at radius 1 is 1.00 bits per heavy atom. The van der Waals surface area contributed by atoms with E-state index < -0.39 is 11.6 Å². The number of rotatable bonds is 2. The first-order valence-electron chi connectivity index (χ1n) is 6.00. The van der Waals surface area contributed by atoms with Crippen molar-refractivity contribution < 1.29 is 8.78 Å². The van der Waals surface area contributed by atoms with Crippen LogP contribution in [-0.4, -0.2) is 4.98 Å². The Balaban J connectivity index is 2.10. The van der Waals surface area contributed by atoms with Crippen molar-refractivity contribution in [3.63, 3.8) is 0 Å². The molecule has 20 heavy (non-hydrogen) atoms. The lowest BCUT2D eigenvalue weighted by Crippen LogP contribution is -1.98. The molecular formula is C15H11F2N3. The van der Waals surface area contributed by atoms with E-state index in [4.69, 9.17) is 5.73 Å². The molecule has 0 atom stereocenters. The van der Waals surface area contributed by atoms with E-state index in [0.29, 0.717) is 11.5 Å². The summed E-state index contributed by atoms with van der Waals surface area (Å²) in [5.41, 5.74) is 6.36. The van der Waals surface area contributed by atoms with Crippen molar-refractivity contribution in [3.8, 4) is 0 Å². The Morgan fingerprint density at radius 2 is 1.85 bits per heavy atom. The molecule has 100 valence electrons. The third-order valence-corrected chi connectivity index (χ3v) is 2.97. The van der Waals surface area contributed by atoms with Gasteiger partial charge in [0.2, 0.25) is 0 Å². The molecule has 3 nitrogen and oxygen atoms in total. The van der Waals surface area contributed by atoms with Crippen LogP contribution < -0.4 is 11.1 Å². The topological polar surface area (TPSA) is 50.9 Å². The molecule has 0 fully saturated rings. The molecule has 0 aliphatic rings. The van der Waals surface area contributed by atoms with Crippen LogP contribution in [0.15, 0.2) is 48.7 Å². The van der Waals surface area contributed by atoms with Gasteiger partial charge in [-0.3, -0.25) is 0 Å². The SMILES string of the molecule is Nc1ccc2ccnc(Nc3cc(F)ccc3F)c2c1. The minimum Gasteiger partial charge on any atom is -0.399 e. The van der Waals surface area contributed by atoms with E-state index in [1.54, 1.807) is 18.3 Å². The molecule has 3 N–H and O–H groups in total. The zero-order valence-electron chi connectivity index (χ0n) is 10.4. The Hall–Kier alpha value is -2.69. The summed E-state index contributed by atoms with van der Waals surface area (Å²) < 4.78 is 26.8. The first-order chi connectivity index (χ1) is 9.63. The number of halogens is 2. The highest BCUT2D eigenvalue weighted by Crippen LogP contribution is 2.27. The molecule has 1 aromatic heterocycles. The third-order valence-electron chi connectivity index (χ3n) is 2.97. The largest absolute Gasteiger partial charge is 0.399 e. The molecule has 0 aliphatic heterocycles. The number of nitrogens with zero attached hydrogens (tertiary/aromatic N) is 1. The summed E-state index contributed by atoms with van der Waals surface area (Å²) in [4.78, 5) is 4.16. The van der Waals surface area contributed by atoms with Gasteiger partial charge in [-0.15, -0.1) is 0 Å². The number of anilines is 3. The molecule has 3 rings (SSSR count). The third kappa shape index (κ3) is 2.25. The van der Waals surface area contributed by atoms with Gasteiger partial charge in [-0.05, 0) is 35.7 Å². The number of nitrogens with one attached hydrogen (secondary N) is 1. The predicted molar refractivity (Wildman–Crippen MR) is 75.8 cm³/mol. The van der Waals surface area contributed by atoms with Crippen LogP contribution in [0.5, 0.6) is 0 Å². The van der Waals surface area contributed by atoms with Gasteiger partial charge in [0.15, 0.2) is 0 Å². The summed E-state index contributed by atoms with van der Waals surface area (Å²) in [5.74, 6) is -0.637. The van der Waals surface area contributed by atoms with Crippen LogP contribution in [0.2, 0.25) is 0 Å². The molecule has 0 aliphatic carbocycles. The normalized spacial score (nSPS) is 10.7. The quantitative estimate of drug-likeness (QED) is 0.696. The number of nitrogens with two attached hydrogens (primary N) is 1. The zero-order chi connectivity index (χ0) is 14.1. The summed E-state index contributed by atoms with van der Waals surface area (Å²) in [6, 6.07) is 10.4. The van der Waals surface area contributed by atoms with Crippen molar-refractivity contribution >= 4 is 28.0 Å². The highest BCUT2D eigenvalue weighted by molar-refractivity contribution is 5.95. The lowest BCUT2D eigenvalue weighted by molar-refractivity contribution is 0.603. The van der Waals surface area contributed by atoms with Crippen LogP contribution in [0, 0.1) is 11.6 Å². The maximum absolute atomic E-state index is 13.7. The van der Waals surface area contributed by atoms with Gasteiger partial charge in [-0.1, -0.05) is 6.07 Å². The second-order valence-corrected chi connectivity index (χ2v) is 4.39. The second kappa shape index (κ2) is 4.77. The first-order valence-corrected chi connectivity index (χ1v) is 6.00. The number of pyridine rings is 1. The van der Waals surface area contributed by atoms with E-state index in [2.05, 4.69) is 10.3 Å². The fourth-order valence-electron chi connectivity index (χ4n) is 2.01. The van der Waals surface area contributed by atoms with E-state index >= 15 is 0 Å². The second-order valence-electron chi connectivity index (χ2n) is 4.39. The van der Waals surface area contributed by atoms with Crippen molar-refractivity contribution in [2.75, 3.05) is 11.1 Å². The number of aromatic nitrogens is 1. The summed E-state index contributed by atoms with van der Waals surface area (Å²) in [6.07, 6.45) is 1.60. The standard InChI is InChI=1S/C15H11F2N3/c16-10-2-4-13(17)14(7-10)20-15-12-8-11(18)3-1-9(12)5-6-19-15/h1-8H,18H2,(H,19,20). The fourth-order valence-corrected chi connectivity index (χ4v) is 2.01. The Morgan fingerprint density at radius 3 is 2.70 bits per heavy atom. The van der Waals surface area contributed by atoms with Crippen LogP contribution in [-0.2, 0) is 0 Å². The van der Waals surface area contributed by atoms with Crippen molar-refractivity contribution in [2.45, 2.75) is 0 Å². The first kappa shape index (κ1) is 12.3. The van der Waals surface area contributed by atoms with Gasteiger partial charge in [0.05, 0.1) is 5.69 Å². The van der Waals surface area contributed by atoms with Crippen molar-refractivity contribution in [1.29, 1.82) is 0 Å². The molecule has 1 heterocycles. The molecule has 3 aromatic rings. The highest BCUT2D eigenvalue weighted by Gasteiger charge is 2.08. The fraction of sp³-hybridized carbons (Fsp3) is 0. The van der Waals surface area contributed by atoms with Crippen molar-refractivity contribution in [2.24, 2.45) is 0 Å². The highest BCUT2D eigenvalue weighted by atomic mass is 19.1. The number of hydrogen-bond acceptors (Lipinski definition) is 3. The van der Waals surface area contributed by atoms with Crippen molar-refractivity contribution in [1.82, 2.24) is 4.98 Å². The number of hydrogen-bond donors (Lipinski definition) is 2. The Labute approximate surface area is 114 Å². The number of benzene rings is 2. The van der Waals surface area contributed by atoms with Crippen molar-refractivity contribution in [3.05, 3.63) is 60.3 Å². The summed E-state index contributed by atoms with van der Waals surface area (Å²) >= 11 is 0. The van der Waals surface area contributed by atoms with Crippen LogP contribution in [0.4, 0.5) is 26.0 Å². The van der Waals surface area contributed by atoms with Gasteiger partial charge in [0.25, 0.3) is 0 Å². The van der Waals surface area contributed by atoms with Crippen LogP contribution >= 0.6 is 0 Å². The van der Waals surface area contributed by atoms with Gasteiger partial charge in [-0.2, -0.15) is 0 Å². The van der Waals surface area contributed by atoms with E-state index in [9.17, 15) is 8.78 Å². The van der Waals surface area contributed by atoms with E-state index in [1.807, 2.05) is 12.1 Å². The van der Waals surface area contributed by atoms with E-state index in [-0.39, 0.29) is 5.69 Å². The summed E-state index contributed by atoms with van der Waals surface area (Å²) in [5, 5.41) is 4.46. The van der Waals surface area contributed by atoms with Crippen LogP contribution in [0.25, 0.3) is 10.8 Å². The molecular weight excluding hydrogens is 260 g/mol. The molecule has 0 saturated carbocycles. The van der Waals surface area contributed by atoms with Gasteiger partial charge in [-0.25, -0.2) is 13.8 Å². The molecule has 0 amide bonds. The van der Waals surface area contributed by atoms with Gasteiger partial charge in [0.1, 0.15) is 17.5 Å². The smallest absolute Gasteiger partial charge is 0.146 e. The lowest BCUT2D eigenvalue weighted by atomic mass is 10.1. The van der Waals surface area contributed by atoms with Crippen LogP contribution in [0.1, 0.15) is 0 Å². The molecule has 0 spiro atoms. The van der Waals surface area contributed by atoms with E-state index in [1.165, 1.54) is 0 Å². The number of fused-ring (bicyclic) bond motifs is 1. The molecule has 0 unspecified atom stereocenters. The predicted octanol–water partition coefficient (Wildman–Crippen LogP) is 3.84. The summed E-state index contributed by atoms with van der Waals surface area (Å²) in [6.45, 7) is 0. The average molecular weight is 271 g/mol. The Kier molecular flexibility index (Phi) is 2.95. The lowest BCUT2D eigenvalue weighted by Gasteiger charge is -2.10. The van der Waals surface area contributed by atoms with Gasteiger partial charge < -0.3 is 11.1 Å². The minimum absolute atomic E-state index is 0.0347. The Bertz CT molecular complexity index is 787. The van der Waals surface area contributed by atoms with Gasteiger partial charge in [0, 0.05) is 23.3 Å². The average Bonchev–Trinajstić information content (AvgIpc) is 2.43.